The van der Waals surface area contributed by atoms with Crippen molar-refractivity contribution in [2.24, 2.45) is 11.8 Å². The summed E-state index contributed by atoms with van der Waals surface area (Å²) in [7, 11) is 2.85. The molecule has 156 valence electrons. The van der Waals surface area contributed by atoms with Gasteiger partial charge in [0.05, 0.1) is 39.1 Å². The third-order valence-corrected chi connectivity index (χ3v) is 7.26. The number of anilines is 1. The van der Waals surface area contributed by atoms with E-state index in [-0.39, 0.29) is 22.4 Å². The van der Waals surface area contributed by atoms with Gasteiger partial charge in [-0.15, -0.1) is 0 Å². The number of nitrogens with zero attached hydrogens (tertiary/aromatic N) is 1. The normalized spacial score (nSPS) is 35.8. The number of piperidine rings is 1. The van der Waals surface area contributed by atoms with E-state index in [9.17, 15) is 14.8 Å². The van der Waals surface area contributed by atoms with Crippen molar-refractivity contribution >= 4 is 17.6 Å². The second-order valence-electron chi connectivity index (χ2n) is 8.41. The number of fused-ring (bicyclic) bond motifs is 4. The van der Waals surface area contributed by atoms with Crippen molar-refractivity contribution in [3.63, 3.8) is 0 Å². The number of hydrogen-bond donors (Lipinski definition) is 1. The van der Waals surface area contributed by atoms with Gasteiger partial charge in [-0.2, -0.15) is 0 Å². The molecule has 0 radical (unpaired) electrons. The molecule has 1 aromatic carbocycles. The summed E-state index contributed by atoms with van der Waals surface area (Å²) in [6, 6.07) is 7.21. The van der Waals surface area contributed by atoms with Gasteiger partial charge in [0.2, 0.25) is 5.91 Å². The van der Waals surface area contributed by atoms with Crippen LogP contribution in [0.3, 0.4) is 0 Å². The molecule has 7 heteroatoms. The summed E-state index contributed by atoms with van der Waals surface area (Å²) in [6.07, 6.45) is 3.19. The molecule has 7 nitrogen and oxygen atoms in total. The number of methoxy groups -OCH3 is 2. The summed E-state index contributed by atoms with van der Waals surface area (Å²) in [5.41, 5.74) is 1.31. The molecule has 1 amide bonds. The highest BCUT2D eigenvalue weighted by Gasteiger charge is 2.65. The van der Waals surface area contributed by atoms with E-state index >= 15 is 0 Å². The fourth-order valence-corrected chi connectivity index (χ4v) is 5.90. The second kappa shape index (κ2) is 7.15. The van der Waals surface area contributed by atoms with Crippen molar-refractivity contribution < 1.29 is 23.7 Å². The lowest BCUT2D eigenvalue weighted by Gasteiger charge is -2.54. The largest absolute Gasteiger partial charge is 0.633 e. The van der Waals surface area contributed by atoms with Crippen molar-refractivity contribution in [2.75, 3.05) is 32.6 Å². The second-order valence-corrected chi connectivity index (χ2v) is 8.41. The van der Waals surface area contributed by atoms with Crippen LogP contribution in [-0.4, -0.2) is 49.9 Å². The minimum Gasteiger partial charge on any atom is -0.633 e. The van der Waals surface area contributed by atoms with Crippen LogP contribution in [0.5, 0.6) is 0 Å². The van der Waals surface area contributed by atoms with Gasteiger partial charge in [-0.25, -0.2) is 4.79 Å². The van der Waals surface area contributed by atoms with Crippen LogP contribution in [0.4, 0.5) is 5.69 Å². The lowest BCUT2D eigenvalue weighted by molar-refractivity contribution is -0.904. The van der Waals surface area contributed by atoms with E-state index in [1.165, 1.54) is 20.5 Å². The molecule has 0 saturated carbocycles. The van der Waals surface area contributed by atoms with Crippen molar-refractivity contribution in [3.8, 4) is 0 Å². The van der Waals surface area contributed by atoms with Crippen LogP contribution in [-0.2, 0) is 24.5 Å². The Hall–Kier alpha value is -2.38. The summed E-state index contributed by atoms with van der Waals surface area (Å²) in [5, 5.41) is 16.9. The molecule has 0 bridgehead atoms. The lowest BCUT2D eigenvalue weighted by atomic mass is 9.67. The fourth-order valence-electron chi connectivity index (χ4n) is 5.90. The highest BCUT2D eigenvalue weighted by atomic mass is 16.6. The zero-order chi connectivity index (χ0) is 20.8. The minimum atomic E-state index is -0.844. The van der Waals surface area contributed by atoms with Gasteiger partial charge in [-0.05, 0) is 18.1 Å². The number of hydroxylamine groups is 3. The van der Waals surface area contributed by atoms with E-state index in [4.69, 9.17) is 9.47 Å². The molecule has 0 aliphatic carbocycles. The van der Waals surface area contributed by atoms with Gasteiger partial charge in [0.25, 0.3) is 0 Å². The summed E-state index contributed by atoms with van der Waals surface area (Å²) in [6.45, 7) is 2.84. The molecule has 3 aliphatic rings. The molecule has 3 heterocycles. The van der Waals surface area contributed by atoms with E-state index in [0.717, 1.165) is 17.7 Å². The number of amides is 1. The average molecular weight is 400 g/mol. The van der Waals surface area contributed by atoms with Crippen molar-refractivity contribution in [1.29, 1.82) is 0 Å². The summed E-state index contributed by atoms with van der Waals surface area (Å²) < 4.78 is 9.79. The predicted molar refractivity (Wildman–Crippen MR) is 108 cm³/mol. The fraction of sp³-hybridized carbons (Fsp3) is 0.545. The number of benzene rings is 1. The number of para-hydroxylation sites is 1. The zero-order valence-electron chi connectivity index (χ0n) is 17.1. The molecule has 1 unspecified atom stereocenters. The number of esters is 1. The third-order valence-electron chi connectivity index (χ3n) is 7.26. The van der Waals surface area contributed by atoms with Gasteiger partial charge in [0, 0.05) is 30.4 Å². The first kappa shape index (κ1) is 19.9. The first-order valence-electron chi connectivity index (χ1n) is 10.2. The highest BCUT2D eigenvalue weighted by Crippen LogP contribution is 2.56. The predicted octanol–water partition coefficient (Wildman–Crippen LogP) is 2.71. The number of carbonyl (C=O) groups excluding carboxylic acids is 2. The van der Waals surface area contributed by atoms with E-state index in [1.807, 2.05) is 31.2 Å². The zero-order valence-corrected chi connectivity index (χ0v) is 17.1. The maximum absolute atomic E-state index is 13.9. The molecule has 29 heavy (non-hydrogen) atoms. The number of nitrogens with one attached hydrogen (secondary N) is 1. The number of hydrogen-bond acceptors (Lipinski definition) is 5. The molecule has 2 saturated heterocycles. The first-order valence-corrected chi connectivity index (χ1v) is 10.2. The molecule has 5 atom stereocenters. The molecule has 0 aromatic heterocycles. The summed E-state index contributed by atoms with van der Waals surface area (Å²) in [5.74, 6) is -0.694. The standard InChI is InChI=1S/C22H28N2O5/c1-4-14-12-24(27)10-9-22(17-7-5-6-8-18(17)23-21(22)26)19(24)11-15(14)16(13-28-2)20(25)29-3/h5-8,13-15,19H,4,9-12H2,1-3H3,(H,23,26)/b16-13-/t14-,15+,19+,22+,24?/m1/s1. The highest BCUT2D eigenvalue weighted by molar-refractivity contribution is 6.07. The van der Waals surface area contributed by atoms with E-state index in [2.05, 4.69) is 5.32 Å². The number of carbonyl (C=O) groups is 2. The topological polar surface area (TPSA) is 87.7 Å². The molecular weight excluding hydrogens is 372 g/mol. The van der Waals surface area contributed by atoms with Crippen LogP contribution in [0, 0.1) is 17.0 Å². The van der Waals surface area contributed by atoms with Crippen molar-refractivity contribution in [1.82, 2.24) is 0 Å². The summed E-state index contributed by atoms with van der Waals surface area (Å²) in [4.78, 5) is 25.7. The molecule has 1 N–H and O–H groups in total. The molecule has 1 spiro atoms. The first-order chi connectivity index (χ1) is 13.9. The van der Waals surface area contributed by atoms with Crippen molar-refractivity contribution in [3.05, 3.63) is 46.9 Å². The van der Waals surface area contributed by atoms with Crippen molar-refractivity contribution in [2.45, 2.75) is 37.6 Å². The Balaban J connectivity index is 1.79. The van der Waals surface area contributed by atoms with E-state index in [1.54, 1.807) is 0 Å². The average Bonchev–Trinajstić information content (AvgIpc) is 3.19. The van der Waals surface area contributed by atoms with Gasteiger partial charge < -0.3 is 24.6 Å². The van der Waals surface area contributed by atoms with Crippen LogP contribution in [0.15, 0.2) is 36.1 Å². The van der Waals surface area contributed by atoms with Crippen LogP contribution < -0.4 is 5.32 Å². The maximum atomic E-state index is 13.9. The molecular formula is C22H28N2O5. The van der Waals surface area contributed by atoms with Gasteiger partial charge in [-0.1, -0.05) is 25.1 Å². The van der Waals surface area contributed by atoms with Crippen LogP contribution in [0.25, 0.3) is 0 Å². The Morgan fingerprint density at radius 3 is 2.83 bits per heavy atom. The van der Waals surface area contributed by atoms with Crippen LogP contribution >= 0.6 is 0 Å². The van der Waals surface area contributed by atoms with E-state index in [0.29, 0.717) is 31.5 Å². The summed E-state index contributed by atoms with van der Waals surface area (Å²) >= 11 is 0. The molecule has 3 aliphatic heterocycles. The van der Waals surface area contributed by atoms with Gasteiger partial charge in [0.1, 0.15) is 11.5 Å². The van der Waals surface area contributed by atoms with E-state index < -0.39 is 17.4 Å². The SMILES string of the molecule is CC[C@@H]1C[N+]2([O-])CC[C@@]3(C(=O)Nc4ccccc43)[C@@H]2C[C@@H]1/C(=C/OC)C(=O)OC. The Labute approximate surface area is 170 Å². The maximum Gasteiger partial charge on any atom is 0.337 e. The Morgan fingerprint density at radius 1 is 1.38 bits per heavy atom. The number of rotatable bonds is 4. The Morgan fingerprint density at radius 2 is 2.14 bits per heavy atom. The van der Waals surface area contributed by atoms with Crippen LogP contribution in [0.2, 0.25) is 0 Å². The Bertz CT molecular complexity index is 869. The number of quaternary nitrogens is 1. The Kier molecular flexibility index (Phi) is 4.91. The quantitative estimate of drug-likeness (QED) is 0.276. The van der Waals surface area contributed by atoms with Gasteiger partial charge >= 0.3 is 5.97 Å². The number of ether oxygens (including phenoxy) is 2. The minimum absolute atomic E-state index is 0.0270. The lowest BCUT2D eigenvalue weighted by Crippen LogP contribution is -2.61. The molecule has 4 rings (SSSR count). The third kappa shape index (κ3) is 2.79. The van der Waals surface area contributed by atoms with Gasteiger partial charge in [0.15, 0.2) is 0 Å². The molecule has 1 aromatic rings. The monoisotopic (exact) mass is 400 g/mol. The van der Waals surface area contributed by atoms with Crippen LogP contribution in [0.1, 0.15) is 31.7 Å². The molecule has 2 fully saturated rings. The smallest absolute Gasteiger partial charge is 0.337 e. The van der Waals surface area contributed by atoms with Gasteiger partial charge in [-0.3, -0.25) is 4.79 Å².